The van der Waals surface area contributed by atoms with Gasteiger partial charge in [0.15, 0.2) is 0 Å². The number of hydrogen-bond acceptors (Lipinski definition) is 6. The van der Waals surface area contributed by atoms with Gasteiger partial charge in [-0.05, 0) is 140 Å². The van der Waals surface area contributed by atoms with Crippen molar-refractivity contribution in [2.24, 2.45) is 0 Å². The maximum atomic E-state index is 2.67. The first-order valence-electron chi connectivity index (χ1n) is 21.9. The molecule has 310 valence electrons. The Morgan fingerprint density at radius 3 is 1.25 bits per heavy atom. The van der Waals surface area contributed by atoms with Gasteiger partial charge in [0.2, 0.25) is 0 Å². The lowest BCUT2D eigenvalue weighted by Gasteiger charge is -2.35. The molecule has 0 radical (unpaired) electrons. The average Bonchev–Trinajstić information content (AvgIpc) is 4.17. The maximum absolute atomic E-state index is 2.67. The van der Waals surface area contributed by atoms with Crippen molar-refractivity contribution in [1.82, 2.24) is 0 Å². The van der Waals surface area contributed by atoms with Crippen molar-refractivity contribution in [3.05, 3.63) is 222 Å². The highest BCUT2D eigenvalue weighted by Gasteiger charge is 2.54. The standard InChI is InChI=1S/C58H42S6/c1-31-7-17-37(18-8-31)57(38-19-9-32(2)10-20-38)43-28-42-44(27-41(43)52-45(57)29-48(61-52)46-25-15-35(5)59-46)58(39-21-11-33(3)12-22-39,40-23-13-34(4)14-24-40)51-53(42)64-56-54-50(63-55(51)56)30-49(62-54)47-26-16-36(6)60-47/h7-30H,1-6H3. The van der Waals surface area contributed by atoms with E-state index in [1.165, 1.54) is 136 Å². The quantitative estimate of drug-likeness (QED) is 0.156. The molecule has 0 fully saturated rings. The molecule has 2 aliphatic rings. The third-order valence-corrected chi connectivity index (χ3v) is 21.3. The zero-order chi connectivity index (χ0) is 43.2. The van der Waals surface area contributed by atoms with Crippen molar-refractivity contribution in [2.75, 3.05) is 0 Å². The molecule has 0 nitrogen and oxygen atoms in total. The van der Waals surface area contributed by atoms with E-state index >= 15 is 0 Å². The van der Waals surface area contributed by atoms with Gasteiger partial charge in [0.05, 0.1) is 24.9 Å². The minimum Gasteiger partial charge on any atom is -0.140 e. The van der Waals surface area contributed by atoms with Crippen LogP contribution in [0.25, 0.3) is 59.2 Å². The molecule has 0 bridgehead atoms. The molecule has 6 aromatic heterocycles. The van der Waals surface area contributed by atoms with E-state index in [-0.39, 0.29) is 0 Å². The van der Waals surface area contributed by atoms with Crippen LogP contribution < -0.4 is 0 Å². The van der Waals surface area contributed by atoms with E-state index in [1.807, 2.05) is 68.0 Å². The summed E-state index contributed by atoms with van der Waals surface area (Å²) in [7, 11) is 0. The molecule has 0 unspecified atom stereocenters. The Morgan fingerprint density at radius 2 is 0.766 bits per heavy atom. The first-order chi connectivity index (χ1) is 31.1. The van der Waals surface area contributed by atoms with E-state index < -0.39 is 10.8 Å². The second-order valence-corrected chi connectivity index (χ2v) is 24.7. The predicted molar refractivity (Wildman–Crippen MR) is 283 cm³/mol. The van der Waals surface area contributed by atoms with Gasteiger partial charge in [0.25, 0.3) is 0 Å². The van der Waals surface area contributed by atoms with Gasteiger partial charge in [0.1, 0.15) is 0 Å². The SMILES string of the molecule is Cc1ccc(C2(c3ccc(C)cc3)c3cc4c(cc3-c3sc(-c5ccc(C)s5)cc32)C(c2ccc(C)cc2)(c2ccc(C)cc2)c2c-4sc3c2sc2cc(-c4ccc(C)s4)sc23)cc1. The Kier molecular flexibility index (Phi) is 8.67. The summed E-state index contributed by atoms with van der Waals surface area (Å²) >= 11 is 11.8. The molecule has 6 heteroatoms. The van der Waals surface area contributed by atoms with Crippen LogP contribution in [0, 0.1) is 41.5 Å². The van der Waals surface area contributed by atoms with Crippen LogP contribution in [-0.4, -0.2) is 0 Å². The highest BCUT2D eigenvalue weighted by atomic mass is 32.1. The third kappa shape index (κ3) is 5.41. The van der Waals surface area contributed by atoms with Crippen molar-refractivity contribution in [1.29, 1.82) is 0 Å². The summed E-state index contributed by atoms with van der Waals surface area (Å²) in [4.78, 5) is 10.9. The summed E-state index contributed by atoms with van der Waals surface area (Å²) < 4.78 is 5.69. The summed E-state index contributed by atoms with van der Waals surface area (Å²) in [6.45, 7) is 13.3. The Bertz CT molecular complexity index is 3550. The van der Waals surface area contributed by atoms with Crippen LogP contribution in [-0.2, 0) is 10.8 Å². The van der Waals surface area contributed by atoms with Crippen LogP contribution in [0.3, 0.4) is 0 Å². The van der Waals surface area contributed by atoms with Crippen molar-refractivity contribution in [3.8, 4) is 40.4 Å². The van der Waals surface area contributed by atoms with Crippen molar-refractivity contribution < 1.29 is 0 Å². The molecule has 0 amide bonds. The lowest BCUT2D eigenvalue weighted by molar-refractivity contribution is 0.762. The Labute approximate surface area is 398 Å². The summed E-state index contributed by atoms with van der Waals surface area (Å²) in [6, 6.07) is 57.4. The number of rotatable bonds is 6. The van der Waals surface area contributed by atoms with Crippen LogP contribution in [0.2, 0.25) is 0 Å². The first kappa shape index (κ1) is 39.2. The van der Waals surface area contributed by atoms with Gasteiger partial charge in [-0.1, -0.05) is 119 Å². The molecule has 6 heterocycles. The fraction of sp³-hybridized carbons (Fsp3) is 0.138. The molecular formula is C58H42S6. The topological polar surface area (TPSA) is 0 Å². The van der Waals surface area contributed by atoms with Crippen LogP contribution in [0.1, 0.15) is 76.5 Å². The smallest absolute Gasteiger partial charge is 0.0736 e. The number of aryl methyl sites for hydroxylation is 6. The number of benzene rings is 5. The summed E-state index contributed by atoms with van der Waals surface area (Å²) in [5, 5.41) is 0. The summed E-state index contributed by atoms with van der Waals surface area (Å²) in [5.41, 5.74) is 17.7. The van der Waals surface area contributed by atoms with E-state index in [2.05, 4.69) is 187 Å². The molecule has 5 aromatic carbocycles. The first-order valence-corrected chi connectivity index (χ1v) is 26.8. The molecule has 0 spiro atoms. The molecule has 0 saturated heterocycles. The number of thiophene rings is 6. The fourth-order valence-electron chi connectivity index (χ4n) is 10.8. The monoisotopic (exact) mass is 930 g/mol. The van der Waals surface area contributed by atoms with Crippen molar-refractivity contribution >= 4 is 86.8 Å². The molecule has 64 heavy (non-hydrogen) atoms. The Morgan fingerprint density at radius 1 is 0.312 bits per heavy atom. The Balaban J connectivity index is 1.18. The van der Waals surface area contributed by atoms with E-state index in [0.717, 1.165) is 0 Å². The van der Waals surface area contributed by atoms with E-state index in [9.17, 15) is 0 Å². The Hall–Kier alpha value is -5.18. The van der Waals surface area contributed by atoms with E-state index in [4.69, 9.17) is 0 Å². The number of fused-ring (bicyclic) bond motifs is 10. The molecule has 0 saturated carbocycles. The largest absolute Gasteiger partial charge is 0.140 e. The second kappa shape index (κ2) is 14.2. The maximum Gasteiger partial charge on any atom is 0.0736 e. The second-order valence-electron chi connectivity index (χ2n) is 18.0. The molecular weight excluding hydrogens is 889 g/mol. The molecule has 0 atom stereocenters. The van der Waals surface area contributed by atoms with Crippen LogP contribution >= 0.6 is 68.0 Å². The molecule has 13 rings (SSSR count). The fourth-order valence-corrected chi connectivity index (χ4v) is 18.3. The third-order valence-electron chi connectivity index (χ3n) is 13.9. The van der Waals surface area contributed by atoms with Gasteiger partial charge in [-0.3, -0.25) is 0 Å². The minimum absolute atomic E-state index is 0.509. The van der Waals surface area contributed by atoms with Gasteiger partial charge in [0, 0.05) is 49.3 Å². The molecule has 0 aliphatic heterocycles. The lowest BCUT2D eigenvalue weighted by atomic mass is 9.65. The van der Waals surface area contributed by atoms with Crippen LogP contribution in [0.4, 0.5) is 0 Å². The highest BCUT2D eigenvalue weighted by molar-refractivity contribution is 7.41. The van der Waals surface area contributed by atoms with Gasteiger partial charge >= 0.3 is 0 Å². The van der Waals surface area contributed by atoms with E-state index in [0.29, 0.717) is 0 Å². The van der Waals surface area contributed by atoms with Gasteiger partial charge in [-0.2, -0.15) is 0 Å². The predicted octanol–water partition coefficient (Wildman–Crippen LogP) is 18.3. The van der Waals surface area contributed by atoms with Gasteiger partial charge < -0.3 is 0 Å². The van der Waals surface area contributed by atoms with E-state index in [1.54, 1.807) is 0 Å². The summed E-state index contributed by atoms with van der Waals surface area (Å²) in [5.74, 6) is 0. The normalized spacial score (nSPS) is 14.3. The van der Waals surface area contributed by atoms with Gasteiger partial charge in [-0.25, -0.2) is 0 Å². The molecule has 0 N–H and O–H groups in total. The van der Waals surface area contributed by atoms with Crippen LogP contribution in [0.15, 0.2) is 146 Å². The van der Waals surface area contributed by atoms with Crippen molar-refractivity contribution in [3.63, 3.8) is 0 Å². The minimum atomic E-state index is -0.524. The molecule has 11 aromatic rings. The zero-order valence-corrected chi connectivity index (χ0v) is 41.2. The highest BCUT2D eigenvalue weighted by Crippen LogP contribution is 2.68. The summed E-state index contributed by atoms with van der Waals surface area (Å²) in [6.07, 6.45) is 0. The van der Waals surface area contributed by atoms with Crippen molar-refractivity contribution in [2.45, 2.75) is 52.4 Å². The average molecular weight is 931 g/mol. The molecule has 2 aliphatic carbocycles. The zero-order valence-electron chi connectivity index (χ0n) is 36.3. The number of hydrogen-bond donors (Lipinski definition) is 0. The van der Waals surface area contributed by atoms with Gasteiger partial charge in [-0.15, -0.1) is 68.0 Å². The lowest BCUT2D eigenvalue weighted by Crippen LogP contribution is -2.30. The van der Waals surface area contributed by atoms with Crippen LogP contribution in [0.5, 0.6) is 0 Å².